The first-order chi connectivity index (χ1) is 10.1. The zero-order chi connectivity index (χ0) is 15.0. The van der Waals surface area contributed by atoms with Crippen molar-refractivity contribution in [3.63, 3.8) is 0 Å². The van der Waals surface area contributed by atoms with Gasteiger partial charge in [0.1, 0.15) is 5.76 Å². The van der Waals surface area contributed by atoms with Crippen molar-refractivity contribution < 1.29 is 14.3 Å². The standard InChI is InChI=1S/C16H16BrNO3/c1-10(14-5-6-15(17)21-14)18-8-7-12-11(9-18)3-2-4-13(12)16(19)20/h2-6,10H,7-9H2,1H3,(H,19,20). The molecule has 2 aromatic rings. The lowest BCUT2D eigenvalue weighted by Gasteiger charge is -2.33. The summed E-state index contributed by atoms with van der Waals surface area (Å²) in [7, 11) is 0. The molecule has 0 saturated carbocycles. The molecule has 21 heavy (non-hydrogen) atoms. The van der Waals surface area contributed by atoms with Gasteiger partial charge in [-0.3, -0.25) is 4.90 Å². The molecular weight excluding hydrogens is 334 g/mol. The first-order valence-corrected chi connectivity index (χ1v) is 7.69. The molecule has 0 amide bonds. The SMILES string of the molecule is CC(c1ccc(Br)o1)N1CCc2c(cccc2C(=O)O)C1. The largest absolute Gasteiger partial charge is 0.478 e. The van der Waals surface area contributed by atoms with E-state index in [1.54, 1.807) is 6.07 Å². The fourth-order valence-electron chi connectivity index (χ4n) is 2.89. The van der Waals surface area contributed by atoms with Crippen molar-refractivity contribution >= 4 is 21.9 Å². The number of carboxylic acid groups (broad SMARTS) is 1. The molecule has 2 heterocycles. The van der Waals surface area contributed by atoms with Gasteiger partial charge < -0.3 is 9.52 Å². The Morgan fingerprint density at radius 1 is 1.38 bits per heavy atom. The quantitative estimate of drug-likeness (QED) is 0.913. The van der Waals surface area contributed by atoms with Crippen LogP contribution in [-0.4, -0.2) is 22.5 Å². The van der Waals surface area contributed by atoms with Gasteiger partial charge in [-0.05, 0) is 58.6 Å². The van der Waals surface area contributed by atoms with E-state index in [2.05, 4.69) is 27.8 Å². The molecule has 4 nitrogen and oxygen atoms in total. The van der Waals surface area contributed by atoms with E-state index in [4.69, 9.17) is 4.42 Å². The summed E-state index contributed by atoms with van der Waals surface area (Å²) in [4.78, 5) is 13.6. The van der Waals surface area contributed by atoms with Crippen LogP contribution in [-0.2, 0) is 13.0 Å². The maximum atomic E-state index is 11.3. The van der Waals surface area contributed by atoms with Crippen LogP contribution in [0.4, 0.5) is 0 Å². The molecule has 1 aromatic heterocycles. The normalized spacial score (nSPS) is 16.5. The molecule has 1 unspecified atom stereocenters. The highest BCUT2D eigenvalue weighted by Gasteiger charge is 2.26. The number of carbonyl (C=O) groups is 1. The minimum Gasteiger partial charge on any atom is -0.478 e. The Hall–Kier alpha value is -1.59. The van der Waals surface area contributed by atoms with Crippen LogP contribution < -0.4 is 0 Å². The molecule has 0 radical (unpaired) electrons. The fourth-order valence-corrected chi connectivity index (χ4v) is 3.21. The first kappa shape index (κ1) is 14.4. The van der Waals surface area contributed by atoms with Crippen LogP contribution in [0.3, 0.4) is 0 Å². The summed E-state index contributed by atoms with van der Waals surface area (Å²) in [6.45, 7) is 3.68. The van der Waals surface area contributed by atoms with Crippen molar-refractivity contribution in [3.8, 4) is 0 Å². The summed E-state index contributed by atoms with van der Waals surface area (Å²) in [5.41, 5.74) is 2.49. The van der Waals surface area contributed by atoms with Gasteiger partial charge in [-0.25, -0.2) is 4.79 Å². The summed E-state index contributed by atoms with van der Waals surface area (Å²) >= 11 is 3.33. The maximum Gasteiger partial charge on any atom is 0.335 e. The van der Waals surface area contributed by atoms with Crippen LogP contribution in [0, 0.1) is 0 Å². The number of rotatable bonds is 3. The maximum absolute atomic E-state index is 11.3. The van der Waals surface area contributed by atoms with Crippen LogP contribution in [0.5, 0.6) is 0 Å². The van der Waals surface area contributed by atoms with E-state index in [9.17, 15) is 9.90 Å². The van der Waals surface area contributed by atoms with Gasteiger partial charge in [0.15, 0.2) is 4.67 Å². The Bertz CT molecular complexity index is 680. The van der Waals surface area contributed by atoms with Crippen LogP contribution in [0.25, 0.3) is 0 Å². The van der Waals surface area contributed by atoms with E-state index in [0.717, 1.165) is 41.1 Å². The average molecular weight is 350 g/mol. The molecule has 5 heteroatoms. The van der Waals surface area contributed by atoms with E-state index in [-0.39, 0.29) is 6.04 Å². The van der Waals surface area contributed by atoms with Gasteiger partial charge >= 0.3 is 5.97 Å². The van der Waals surface area contributed by atoms with Crippen molar-refractivity contribution in [2.75, 3.05) is 6.54 Å². The number of hydrogen-bond donors (Lipinski definition) is 1. The summed E-state index contributed by atoms with van der Waals surface area (Å²) < 4.78 is 6.36. The van der Waals surface area contributed by atoms with Gasteiger partial charge in [-0.15, -0.1) is 0 Å². The molecule has 1 atom stereocenters. The molecular formula is C16H16BrNO3. The second kappa shape index (κ2) is 5.66. The molecule has 1 aliphatic rings. The monoisotopic (exact) mass is 349 g/mol. The summed E-state index contributed by atoms with van der Waals surface area (Å²) in [5, 5.41) is 9.26. The van der Waals surface area contributed by atoms with Crippen LogP contribution in [0.1, 0.15) is 40.2 Å². The molecule has 0 bridgehead atoms. The van der Waals surface area contributed by atoms with Gasteiger partial charge in [0.05, 0.1) is 11.6 Å². The number of furan rings is 1. The minimum absolute atomic E-state index is 0.165. The van der Waals surface area contributed by atoms with E-state index >= 15 is 0 Å². The number of fused-ring (bicyclic) bond motifs is 1. The fraction of sp³-hybridized carbons (Fsp3) is 0.312. The number of aromatic carboxylic acids is 1. The number of carboxylic acids is 1. The minimum atomic E-state index is -0.844. The van der Waals surface area contributed by atoms with Gasteiger partial charge in [0, 0.05) is 13.1 Å². The van der Waals surface area contributed by atoms with Crippen molar-refractivity contribution in [2.24, 2.45) is 0 Å². The Morgan fingerprint density at radius 3 is 2.86 bits per heavy atom. The zero-order valence-electron chi connectivity index (χ0n) is 11.7. The third kappa shape index (κ3) is 2.76. The van der Waals surface area contributed by atoms with Crippen molar-refractivity contribution in [2.45, 2.75) is 25.9 Å². The van der Waals surface area contributed by atoms with Gasteiger partial charge in [-0.1, -0.05) is 12.1 Å². The topological polar surface area (TPSA) is 53.7 Å². The molecule has 3 rings (SSSR count). The molecule has 110 valence electrons. The molecule has 0 aliphatic carbocycles. The predicted octanol–water partition coefficient (Wildman–Crippen LogP) is 3.86. The Balaban J connectivity index is 1.85. The van der Waals surface area contributed by atoms with Crippen molar-refractivity contribution in [1.29, 1.82) is 0 Å². The highest BCUT2D eigenvalue weighted by molar-refractivity contribution is 9.10. The van der Waals surface area contributed by atoms with Crippen molar-refractivity contribution in [3.05, 3.63) is 57.5 Å². The predicted molar refractivity (Wildman–Crippen MR) is 82.3 cm³/mol. The second-order valence-electron chi connectivity index (χ2n) is 5.29. The first-order valence-electron chi connectivity index (χ1n) is 6.89. The number of benzene rings is 1. The van der Waals surface area contributed by atoms with Crippen LogP contribution in [0.15, 0.2) is 39.4 Å². The molecule has 1 aliphatic heterocycles. The third-order valence-electron chi connectivity index (χ3n) is 4.08. The Kier molecular flexibility index (Phi) is 3.87. The molecule has 1 N–H and O–H groups in total. The summed E-state index contributed by atoms with van der Waals surface area (Å²) in [6, 6.07) is 9.55. The average Bonchev–Trinajstić information content (AvgIpc) is 2.91. The molecule has 0 spiro atoms. The van der Waals surface area contributed by atoms with E-state index in [0.29, 0.717) is 5.56 Å². The van der Waals surface area contributed by atoms with Gasteiger partial charge in [0.2, 0.25) is 0 Å². The summed E-state index contributed by atoms with van der Waals surface area (Å²) in [5.74, 6) is 0.0722. The zero-order valence-corrected chi connectivity index (χ0v) is 13.3. The third-order valence-corrected chi connectivity index (χ3v) is 4.51. The smallest absolute Gasteiger partial charge is 0.335 e. The Morgan fingerprint density at radius 2 is 2.19 bits per heavy atom. The lowest BCUT2D eigenvalue weighted by atomic mass is 9.93. The molecule has 0 fully saturated rings. The highest BCUT2D eigenvalue weighted by atomic mass is 79.9. The van der Waals surface area contributed by atoms with Gasteiger partial charge in [-0.2, -0.15) is 0 Å². The number of nitrogens with zero attached hydrogens (tertiary/aromatic N) is 1. The lowest BCUT2D eigenvalue weighted by molar-refractivity contribution is 0.0694. The van der Waals surface area contributed by atoms with E-state index < -0.39 is 5.97 Å². The van der Waals surface area contributed by atoms with E-state index in [1.807, 2.05) is 24.3 Å². The van der Waals surface area contributed by atoms with Crippen LogP contribution in [0.2, 0.25) is 0 Å². The molecule has 1 aromatic carbocycles. The highest BCUT2D eigenvalue weighted by Crippen LogP contribution is 2.30. The number of halogens is 1. The van der Waals surface area contributed by atoms with Crippen LogP contribution >= 0.6 is 15.9 Å². The lowest BCUT2D eigenvalue weighted by Crippen LogP contribution is -2.33. The van der Waals surface area contributed by atoms with Gasteiger partial charge in [0.25, 0.3) is 0 Å². The van der Waals surface area contributed by atoms with E-state index in [1.165, 1.54) is 0 Å². The molecule has 0 saturated heterocycles. The second-order valence-corrected chi connectivity index (χ2v) is 6.07. The number of hydrogen-bond acceptors (Lipinski definition) is 3. The van der Waals surface area contributed by atoms with Crippen molar-refractivity contribution in [1.82, 2.24) is 4.90 Å². The summed E-state index contributed by atoms with van der Waals surface area (Å²) in [6.07, 6.45) is 0.754. The Labute approximate surface area is 131 Å².